The molecule has 1 fully saturated rings. The van der Waals surface area contributed by atoms with E-state index in [1.165, 1.54) is 0 Å². The molecule has 1 atom stereocenters. The first-order valence-electron chi connectivity index (χ1n) is 5.25. The van der Waals surface area contributed by atoms with Crippen LogP contribution in [-0.4, -0.2) is 24.3 Å². The van der Waals surface area contributed by atoms with Gasteiger partial charge in [-0.3, -0.25) is 4.98 Å². The lowest BCUT2D eigenvalue weighted by molar-refractivity contribution is -0.0798. The van der Waals surface area contributed by atoms with Crippen molar-refractivity contribution >= 4 is 0 Å². The van der Waals surface area contributed by atoms with Gasteiger partial charge in [0.25, 0.3) is 0 Å². The van der Waals surface area contributed by atoms with Crippen molar-refractivity contribution in [2.75, 3.05) is 13.2 Å². The molecule has 2 N–H and O–H groups in total. The lowest BCUT2D eigenvalue weighted by Gasteiger charge is -2.26. The Hall–Kier alpha value is -1.13. The van der Waals surface area contributed by atoms with Crippen LogP contribution < -0.4 is 10.5 Å². The minimum absolute atomic E-state index is 0.0195. The zero-order valence-corrected chi connectivity index (χ0v) is 8.85. The zero-order valence-electron chi connectivity index (χ0n) is 8.85. The van der Waals surface area contributed by atoms with Gasteiger partial charge in [0.1, 0.15) is 11.9 Å². The molecule has 0 saturated carbocycles. The first-order valence-corrected chi connectivity index (χ1v) is 5.25. The Balaban J connectivity index is 1.96. The standard InChI is InChI=1S/C11H16N2O2/c1-2-10(12)11-4-3-8(5-13-11)15-9-6-14-7-9/h3-5,9-10H,2,6-7,12H2,1H3/t10-/m1/s1. The Bertz CT molecular complexity index is 309. The molecule has 4 nitrogen and oxygen atoms in total. The van der Waals surface area contributed by atoms with Gasteiger partial charge in [0, 0.05) is 6.04 Å². The second kappa shape index (κ2) is 4.59. The minimum Gasteiger partial charge on any atom is -0.484 e. The third-order valence-corrected chi connectivity index (χ3v) is 2.49. The molecule has 0 aromatic carbocycles. The van der Waals surface area contributed by atoms with Crippen molar-refractivity contribution in [2.45, 2.75) is 25.5 Å². The van der Waals surface area contributed by atoms with Crippen LogP contribution in [-0.2, 0) is 4.74 Å². The molecule has 1 aliphatic rings. The Morgan fingerprint density at radius 3 is 2.87 bits per heavy atom. The summed E-state index contributed by atoms with van der Waals surface area (Å²) in [7, 11) is 0. The topological polar surface area (TPSA) is 57.4 Å². The van der Waals surface area contributed by atoms with Gasteiger partial charge in [-0.25, -0.2) is 0 Å². The largest absolute Gasteiger partial charge is 0.484 e. The van der Waals surface area contributed by atoms with Crippen molar-refractivity contribution in [1.82, 2.24) is 4.98 Å². The van der Waals surface area contributed by atoms with E-state index in [4.69, 9.17) is 15.2 Å². The quantitative estimate of drug-likeness (QED) is 0.809. The SMILES string of the molecule is CC[C@@H](N)c1ccc(OC2COC2)cn1. The molecule has 1 aliphatic heterocycles. The molecule has 0 radical (unpaired) electrons. The van der Waals surface area contributed by atoms with Crippen LogP contribution in [0.2, 0.25) is 0 Å². The molecule has 0 unspecified atom stereocenters. The second-order valence-corrected chi connectivity index (χ2v) is 3.71. The highest BCUT2D eigenvalue weighted by molar-refractivity contribution is 5.21. The molecule has 1 aromatic rings. The Labute approximate surface area is 89.4 Å². The summed E-state index contributed by atoms with van der Waals surface area (Å²) in [6.07, 6.45) is 2.81. The molecule has 1 aromatic heterocycles. The fraction of sp³-hybridized carbons (Fsp3) is 0.545. The van der Waals surface area contributed by atoms with E-state index in [9.17, 15) is 0 Å². The number of nitrogens with zero attached hydrogens (tertiary/aromatic N) is 1. The van der Waals surface area contributed by atoms with Gasteiger partial charge in [0.05, 0.1) is 25.1 Å². The highest BCUT2D eigenvalue weighted by Gasteiger charge is 2.20. The third-order valence-electron chi connectivity index (χ3n) is 2.49. The van der Waals surface area contributed by atoms with Gasteiger partial charge >= 0.3 is 0 Å². The maximum absolute atomic E-state index is 5.86. The molecule has 1 saturated heterocycles. The molecule has 82 valence electrons. The predicted molar refractivity (Wildman–Crippen MR) is 56.7 cm³/mol. The summed E-state index contributed by atoms with van der Waals surface area (Å²) in [5, 5.41) is 0. The summed E-state index contributed by atoms with van der Waals surface area (Å²) < 4.78 is 10.6. The van der Waals surface area contributed by atoms with Crippen LogP contribution in [0.1, 0.15) is 25.1 Å². The van der Waals surface area contributed by atoms with Gasteiger partial charge in [-0.05, 0) is 18.6 Å². The monoisotopic (exact) mass is 208 g/mol. The van der Waals surface area contributed by atoms with Crippen LogP contribution in [0.5, 0.6) is 5.75 Å². The van der Waals surface area contributed by atoms with Crippen LogP contribution in [0.4, 0.5) is 0 Å². The van der Waals surface area contributed by atoms with E-state index in [2.05, 4.69) is 4.98 Å². The first kappa shape index (κ1) is 10.4. The highest BCUT2D eigenvalue weighted by Crippen LogP contribution is 2.17. The highest BCUT2D eigenvalue weighted by atomic mass is 16.6. The Morgan fingerprint density at radius 1 is 1.60 bits per heavy atom. The molecule has 2 rings (SSSR count). The number of pyridine rings is 1. The van der Waals surface area contributed by atoms with Gasteiger partial charge in [-0.1, -0.05) is 6.92 Å². The van der Waals surface area contributed by atoms with E-state index in [-0.39, 0.29) is 12.1 Å². The second-order valence-electron chi connectivity index (χ2n) is 3.71. The van der Waals surface area contributed by atoms with Crippen molar-refractivity contribution in [1.29, 1.82) is 0 Å². The van der Waals surface area contributed by atoms with Crippen LogP contribution in [0, 0.1) is 0 Å². The minimum atomic E-state index is 0.0195. The van der Waals surface area contributed by atoms with E-state index >= 15 is 0 Å². The van der Waals surface area contributed by atoms with Gasteiger partial charge in [-0.15, -0.1) is 0 Å². The van der Waals surface area contributed by atoms with E-state index in [0.29, 0.717) is 13.2 Å². The molecule has 4 heteroatoms. The average Bonchev–Trinajstić information content (AvgIpc) is 2.23. The predicted octanol–water partition coefficient (Wildman–Crippen LogP) is 1.27. The van der Waals surface area contributed by atoms with Crippen LogP contribution >= 0.6 is 0 Å². The summed E-state index contributed by atoms with van der Waals surface area (Å²) in [5.41, 5.74) is 6.77. The fourth-order valence-electron chi connectivity index (χ4n) is 1.36. The van der Waals surface area contributed by atoms with E-state index in [0.717, 1.165) is 17.9 Å². The van der Waals surface area contributed by atoms with Crippen molar-refractivity contribution in [3.63, 3.8) is 0 Å². The Morgan fingerprint density at radius 2 is 2.40 bits per heavy atom. The smallest absolute Gasteiger partial charge is 0.145 e. The first-order chi connectivity index (χ1) is 7.29. The fourth-order valence-corrected chi connectivity index (χ4v) is 1.36. The van der Waals surface area contributed by atoms with Crippen molar-refractivity contribution in [3.8, 4) is 5.75 Å². The molecular formula is C11H16N2O2. The number of hydrogen-bond acceptors (Lipinski definition) is 4. The maximum Gasteiger partial charge on any atom is 0.145 e. The average molecular weight is 208 g/mol. The van der Waals surface area contributed by atoms with E-state index in [1.54, 1.807) is 6.20 Å². The molecule has 0 bridgehead atoms. The van der Waals surface area contributed by atoms with Crippen LogP contribution in [0.15, 0.2) is 18.3 Å². The van der Waals surface area contributed by atoms with Crippen molar-refractivity contribution in [3.05, 3.63) is 24.0 Å². The van der Waals surface area contributed by atoms with Gasteiger partial charge in [0.15, 0.2) is 0 Å². The molecule has 2 heterocycles. The van der Waals surface area contributed by atoms with Crippen LogP contribution in [0.25, 0.3) is 0 Å². The third kappa shape index (κ3) is 2.46. The normalized spacial score (nSPS) is 18.3. The Kier molecular flexibility index (Phi) is 3.18. The van der Waals surface area contributed by atoms with Crippen LogP contribution in [0.3, 0.4) is 0 Å². The summed E-state index contributed by atoms with van der Waals surface area (Å²) in [4.78, 5) is 4.27. The van der Waals surface area contributed by atoms with Gasteiger partial charge < -0.3 is 15.2 Å². The number of rotatable bonds is 4. The number of hydrogen-bond donors (Lipinski definition) is 1. The maximum atomic E-state index is 5.86. The zero-order chi connectivity index (χ0) is 10.7. The number of nitrogens with two attached hydrogens (primary N) is 1. The van der Waals surface area contributed by atoms with E-state index < -0.39 is 0 Å². The van der Waals surface area contributed by atoms with E-state index in [1.807, 2.05) is 19.1 Å². The van der Waals surface area contributed by atoms with Crippen molar-refractivity contribution < 1.29 is 9.47 Å². The summed E-state index contributed by atoms with van der Waals surface area (Å²) in [5.74, 6) is 0.787. The van der Waals surface area contributed by atoms with Crippen molar-refractivity contribution in [2.24, 2.45) is 5.73 Å². The lowest BCUT2D eigenvalue weighted by Crippen LogP contribution is -2.38. The number of ether oxygens (including phenoxy) is 2. The molecular weight excluding hydrogens is 192 g/mol. The molecule has 0 amide bonds. The molecule has 0 aliphatic carbocycles. The summed E-state index contributed by atoms with van der Waals surface area (Å²) >= 11 is 0. The molecule has 0 spiro atoms. The summed E-state index contributed by atoms with van der Waals surface area (Å²) in [6.45, 7) is 3.40. The molecule has 15 heavy (non-hydrogen) atoms. The lowest BCUT2D eigenvalue weighted by atomic mass is 10.1. The summed E-state index contributed by atoms with van der Waals surface area (Å²) in [6, 6.07) is 3.85. The van der Waals surface area contributed by atoms with Gasteiger partial charge in [-0.2, -0.15) is 0 Å². The van der Waals surface area contributed by atoms with Gasteiger partial charge in [0.2, 0.25) is 0 Å². The number of aromatic nitrogens is 1.